The normalized spacial score (nSPS) is 10.2. The highest BCUT2D eigenvalue weighted by molar-refractivity contribution is 6.33. The third-order valence-electron chi connectivity index (χ3n) is 3.08. The zero-order valence-corrected chi connectivity index (χ0v) is 12.8. The summed E-state index contributed by atoms with van der Waals surface area (Å²) in [4.78, 5) is 21.4. The standard InChI is InChI=1S/C15H12ClFN2O4/c1-23-15(20)10-3-4-11(16)13(7-10)18-8-9-2-5-12(17)14(6-9)19(21)22/h2-7,18H,8H2,1H3. The Balaban J connectivity index is 2.19. The molecule has 0 aliphatic heterocycles. The highest BCUT2D eigenvalue weighted by Gasteiger charge is 2.14. The minimum absolute atomic E-state index is 0.172. The van der Waals surface area contributed by atoms with E-state index in [1.165, 1.54) is 31.4 Å². The van der Waals surface area contributed by atoms with Crippen LogP contribution in [0.4, 0.5) is 15.8 Å². The summed E-state index contributed by atoms with van der Waals surface area (Å²) in [6.45, 7) is 0.172. The van der Waals surface area contributed by atoms with Crippen molar-refractivity contribution in [1.82, 2.24) is 0 Å². The summed E-state index contributed by atoms with van der Waals surface area (Å²) < 4.78 is 17.9. The molecule has 0 unspecified atom stereocenters. The van der Waals surface area contributed by atoms with Gasteiger partial charge in [-0.3, -0.25) is 10.1 Å². The number of halogens is 2. The largest absolute Gasteiger partial charge is 0.465 e. The molecule has 0 saturated carbocycles. The summed E-state index contributed by atoms with van der Waals surface area (Å²) in [5.41, 5.74) is 0.669. The molecule has 0 bridgehead atoms. The van der Waals surface area contributed by atoms with E-state index in [0.717, 1.165) is 12.1 Å². The van der Waals surface area contributed by atoms with Crippen LogP contribution < -0.4 is 5.32 Å². The second-order valence-corrected chi connectivity index (χ2v) is 4.99. The zero-order chi connectivity index (χ0) is 17.0. The number of carbonyl (C=O) groups is 1. The fourth-order valence-electron chi connectivity index (χ4n) is 1.91. The summed E-state index contributed by atoms with van der Waals surface area (Å²) in [5, 5.41) is 14.0. The maximum absolute atomic E-state index is 13.3. The van der Waals surface area contributed by atoms with E-state index in [4.69, 9.17) is 11.6 Å². The number of hydrogen-bond donors (Lipinski definition) is 1. The summed E-state index contributed by atoms with van der Waals surface area (Å²) in [6.07, 6.45) is 0. The molecular weight excluding hydrogens is 327 g/mol. The van der Waals surface area contributed by atoms with Gasteiger partial charge in [0.05, 0.1) is 28.3 Å². The Morgan fingerprint density at radius 2 is 2.09 bits per heavy atom. The number of benzene rings is 2. The van der Waals surface area contributed by atoms with Gasteiger partial charge in [-0.05, 0) is 29.8 Å². The molecule has 0 radical (unpaired) electrons. The fourth-order valence-corrected chi connectivity index (χ4v) is 2.10. The number of rotatable bonds is 5. The van der Waals surface area contributed by atoms with Gasteiger partial charge < -0.3 is 10.1 Å². The van der Waals surface area contributed by atoms with Gasteiger partial charge in [0, 0.05) is 12.6 Å². The van der Waals surface area contributed by atoms with E-state index >= 15 is 0 Å². The van der Waals surface area contributed by atoms with Crippen LogP contribution in [0.25, 0.3) is 0 Å². The lowest BCUT2D eigenvalue weighted by atomic mass is 10.1. The van der Waals surface area contributed by atoms with Crippen LogP contribution >= 0.6 is 11.6 Å². The van der Waals surface area contributed by atoms with E-state index in [0.29, 0.717) is 21.8 Å². The minimum atomic E-state index is -0.899. The van der Waals surface area contributed by atoms with Gasteiger partial charge in [0.25, 0.3) is 0 Å². The lowest BCUT2D eigenvalue weighted by molar-refractivity contribution is -0.387. The molecule has 1 N–H and O–H groups in total. The van der Waals surface area contributed by atoms with Crippen molar-refractivity contribution in [3.63, 3.8) is 0 Å². The van der Waals surface area contributed by atoms with Crippen LogP contribution in [0.3, 0.4) is 0 Å². The van der Waals surface area contributed by atoms with Crippen LogP contribution in [0.2, 0.25) is 5.02 Å². The molecule has 0 atom stereocenters. The summed E-state index contributed by atoms with van der Waals surface area (Å²) in [6, 6.07) is 8.15. The molecule has 120 valence electrons. The Morgan fingerprint density at radius 1 is 1.35 bits per heavy atom. The van der Waals surface area contributed by atoms with Gasteiger partial charge in [0.2, 0.25) is 5.82 Å². The van der Waals surface area contributed by atoms with Gasteiger partial charge in [-0.1, -0.05) is 17.7 Å². The number of nitrogens with one attached hydrogen (secondary N) is 1. The number of nitrogens with zero attached hydrogens (tertiary/aromatic N) is 1. The second-order valence-electron chi connectivity index (χ2n) is 4.58. The van der Waals surface area contributed by atoms with Crippen LogP contribution in [-0.2, 0) is 11.3 Å². The number of methoxy groups -OCH3 is 1. The number of carbonyl (C=O) groups excluding carboxylic acids is 1. The fraction of sp³-hybridized carbons (Fsp3) is 0.133. The predicted octanol–water partition coefficient (Wildman–Crippen LogP) is 3.79. The summed E-state index contributed by atoms with van der Waals surface area (Å²) >= 11 is 6.03. The van der Waals surface area contributed by atoms with Crippen molar-refractivity contribution < 1.29 is 18.8 Å². The molecular formula is C15H12ClFN2O4. The molecule has 8 heteroatoms. The highest BCUT2D eigenvalue weighted by atomic mass is 35.5. The average molecular weight is 339 g/mol. The van der Waals surface area contributed by atoms with E-state index < -0.39 is 22.4 Å². The Morgan fingerprint density at radius 3 is 2.74 bits per heavy atom. The van der Waals surface area contributed by atoms with Gasteiger partial charge in [0.15, 0.2) is 0 Å². The van der Waals surface area contributed by atoms with Crippen LogP contribution in [0.15, 0.2) is 36.4 Å². The molecule has 2 rings (SSSR count). The van der Waals surface area contributed by atoms with E-state index in [2.05, 4.69) is 10.1 Å². The Kier molecular flexibility index (Phi) is 5.13. The summed E-state index contributed by atoms with van der Waals surface area (Å²) in [5.74, 6) is -1.41. The molecule has 6 nitrogen and oxygen atoms in total. The monoisotopic (exact) mass is 338 g/mol. The van der Waals surface area contributed by atoms with Crippen molar-refractivity contribution in [2.45, 2.75) is 6.54 Å². The number of esters is 1. The lowest BCUT2D eigenvalue weighted by Gasteiger charge is -2.10. The van der Waals surface area contributed by atoms with E-state index in [-0.39, 0.29) is 6.54 Å². The molecule has 0 spiro atoms. The molecule has 0 heterocycles. The Labute approximate surface area is 136 Å². The smallest absolute Gasteiger partial charge is 0.337 e. The third kappa shape index (κ3) is 3.95. The van der Waals surface area contributed by atoms with E-state index in [9.17, 15) is 19.3 Å². The van der Waals surface area contributed by atoms with Gasteiger partial charge in [-0.2, -0.15) is 4.39 Å². The first kappa shape index (κ1) is 16.7. The van der Waals surface area contributed by atoms with Gasteiger partial charge in [-0.15, -0.1) is 0 Å². The van der Waals surface area contributed by atoms with Crippen LogP contribution in [0.1, 0.15) is 15.9 Å². The van der Waals surface area contributed by atoms with Crippen molar-refractivity contribution in [3.05, 3.63) is 68.5 Å². The molecule has 0 saturated heterocycles. The average Bonchev–Trinajstić information content (AvgIpc) is 2.54. The first-order chi connectivity index (χ1) is 10.9. The molecule has 0 fully saturated rings. The van der Waals surface area contributed by atoms with Crippen molar-refractivity contribution in [3.8, 4) is 0 Å². The number of hydrogen-bond acceptors (Lipinski definition) is 5. The maximum atomic E-state index is 13.3. The van der Waals surface area contributed by atoms with Crippen LogP contribution in [0, 0.1) is 15.9 Å². The number of nitro benzene ring substituents is 1. The molecule has 0 amide bonds. The van der Waals surface area contributed by atoms with Crippen LogP contribution in [0.5, 0.6) is 0 Å². The maximum Gasteiger partial charge on any atom is 0.337 e. The molecule has 2 aromatic rings. The molecule has 0 aromatic heterocycles. The molecule has 0 aliphatic rings. The quantitative estimate of drug-likeness (QED) is 0.509. The zero-order valence-electron chi connectivity index (χ0n) is 12.0. The second kappa shape index (κ2) is 7.06. The number of ether oxygens (including phenoxy) is 1. The Hall–Kier alpha value is -2.67. The lowest BCUT2D eigenvalue weighted by Crippen LogP contribution is -2.05. The first-order valence-corrected chi connectivity index (χ1v) is 6.84. The van der Waals surface area contributed by atoms with E-state index in [1.807, 2.05) is 0 Å². The van der Waals surface area contributed by atoms with Gasteiger partial charge >= 0.3 is 11.7 Å². The first-order valence-electron chi connectivity index (χ1n) is 6.47. The number of anilines is 1. The van der Waals surface area contributed by atoms with Crippen molar-refractivity contribution in [2.75, 3.05) is 12.4 Å². The summed E-state index contributed by atoms with van der Waals surface area (Å²) in [7, 11) is 1.27. The molecule has 2 aromatic carbocycles. The predicted molar refractivity (Wildman–Crippen MR) is 83.2 cm³/mol. The molecule has 23 heavy (non-hydrogen) atoms. The van der Waals surface area contributed by atoms with Crippen molar-refractivity contribution in [2.24, 2.45) is 0 Å². The van der Waals surface area contributed by atoms with E-state index in [1.54, 1.807) is 0 Å². The van der Waals surface area contributed by atoms with Crippen LogP contribution in [-0.4, -0.2) is 18.0 Å². The minimum Gasteiger partial charge on any atom is -0.465 e. The third-order valence-corrected chi connectivity index (χ3v) is 3.41. The topological polar surface area (TPSA) is 81.5 Å². The van der Waals surface area contributed by atoms with Crippen molar-refractivity contribution >= 4 is 28.9 Å². The highest BCUT2D eigenvalue weighted by Crippen LogP contribution is 2.25. The SMILES string of the molecule is COC(=O)c1ccc(Cl)c(NCc2ccc(F)c([N+](=O)[O-])c2)c1. The van der Waals surface area contributed by atoms with Crippen molar-refractivity contribution in [1.29, 1.82) is 0 Å². The number of nitro groups is 1. The van der Waals surface area contributed by atoms with Gasteiger partial charge in [-0.25, -0.2) is 4.79 Å². The Bertz CT molecular complexity index is 767. The van der Waals surface area contributed by atoms with Gasteiger partial charge in [0.1, 0.15) is 0 Å². The molecule has 0 aliphatic carbocycles.